The van der Waals surface area contributed by atoms with E-state index in [1.165, 1.54) is 22.3 Å². The molecule has 2 rings (SSSR count). The zero-order valence-corrected chi connectivity index (χ0v) is 14.4. The van der Waals surface area contributed by atoms with Crippen molar-refractivity contribution >= 4 is 11.6 Å². The van der Waals surface area contributed by atoms with Gasteiger partial charge < -0.3 is 16.0 Å². The van der Waals surface area contributed by atoms with Crippen LogP contribution in [0.5, 0.6) is 0 Å². The maximum Gasteiger partial charge on any atom is 0.193 e. The number of aryl methyl sites for hydroxylation is 2. The third-order valence-electron chi connectivity index (χ3n) is 3.80. The van der Waals surface area contributed by atoms with E-state index in [4.69, 9.17) is 5.73 Å². The average molecular weight is 310 g/mol. The molecule has 0 bridgehead atoms. The van der Waals surface area contributed by atoms with Crippen molar-refractivity contribution < 1.29 is 0 Å². The van der Waals surface area contributed by atoms with Gasteiger partial charge in [0, 0.05) is 12.2 Å². The minimum atomic E-state index is 0.438. The van der Waals surface area contributed by atoms with E-state index in [0.29, 0.717) is 12.5 Å². The highest BCUT2D eigenvalue weighted by Crippen LogP contribution is 2.14. The Morgan fingerprint density at radius 3 is 2.39 bits per heavy atom. The molecular formula is C19H26N4. The molecular weight excluding hydrogens is 284 g/mol. The van der Waals surface area contributed by atoms with Gasteiger partial charge in [0.2, 0.25) is 0 Å². The lowest BCUT2D eigenvalue weighted by molar-refractivity contribution is 0.401. The van der Waals surface area contributed by atoms with E-state index in [1.54, 1.807) is 0 Å². The third-order valence-corrected chi connectivity index (χ3v) is 3.80. The van der Waals surface area contributed by atoms with Crippen molar-refractivity contribution in [2.75, 3.05) is 19.4 Å². The molecule has 2 aromatic carbocycles. The summed E-state index contributed by atoms with van der Waals surface area (Å²) in [5, 5.41) is 3.16. The van der Waals surface area contributed by atoms with Gasteiger partial charge in [0.1, 0.15) is 0 Å². The second-order valence-electron chi connectivity index (χ2n) is 6.13. The Bertz CT molecular complexity index is 690. The molecule has 0 amide bonds. The van der Waals surface area contributed by atoms with Crippen molar-refractivity contribution in [3.05, 3.63) is 64.7 Å². The SMILES string of the molecule is Cc1ccc(NC(N)=NCc2ccccc2CN(C)C)cc1C. The fraction of sp³-hybridized carbons (Fsp3) is 0.316. The van der Waals surface area contributed by atoms with Gasteiger partial charge in [-0.05, 0) is 62.3 Å². The highest BCUT2D eigenvalue weighted by Gasteiger charge is 2.03. The molecule has 0 radical (unpaired) electrons. The Morgan fingerprint density at radius 1 is 1.04 bits per heavy atom. The molecule has 0 aliphatic rings. The van der Waals surface area contributed by atoms with Crippen molar-refractivity contribution in [3.8, 4) is 0 Å². The lowest BCUT2D eigenvalue weighted by atomic mass is 10.1. The minimum absolute atomic E-state index is 0.438. The molecule has 0 unspecified atom stereocenters. The van der Waals surface area contributed by atoms with Crippen LogP contribution in [0.15, 0.2) is 47.5 Å². The van der Waals surface area contributed by atoms with Crippen molar-refractivity contribution in [2.45, 2.75) is 26.9 Å². The first-order valence-electron chi connectivity index (χ1n) is 7.81. The van der Waals surface area contributed by atoms with E-state index in [2.05, 4.69) is 73.5 Å². The molecule has 2 aromatic rings. The average Bonchev–Trinajstić information content (AvgIpc) is 2.49. The third kappa shape index (κ3) is 5.11. The van der Waals surface area contributed by atoms with Gasteiger partial charge in [-0.3, -0.25) is 0 Å². The molecule has 4 heteroatoms. The second-order valence-corrected chi connectivity index (χ2v) is 6.13. The van der Waals surface area contributed by atoms with Gasteiger partial charge in [-0.2, -0.15) is 0 Å². The highest BCUT2D eigenvalue weighted by atomic mass is 15.1. The first-order chi connectivity index (χ1) is 11.0. The lowest BCUT2D eigenvalue weighted by Crippen LogP contribution is -2.22. The normalized spacial score (nSPS) is 11.8. The van der Waals surface area contributed by atoms with Crippen LogP contribution in [0.25, 0.3) is 0 Å². The maximum atomic E-state index is 6.02. The van der Waals surface area contributed by atoms with E-state index < -0.39 is 0 Å². The molecule has 0 aromatic heterocycles. The molecule has 0 aliphatic carbocycles. The summed E-state index contributed by atoms with van der Waals surface area (Å²) < 4.78 is 0. The van der Waals surface area contributed by atoms with Gasteiger partial charge in [0.05, 0.1) is 6.54 Å². The van der Waals surface area contributed by atoms with Gasteiger partial charge in [-0.15, -0.1) is 0 Å². The van der Waals surface area contributed by atoms with Crippen LogP contribution < -0.4 is 11.1 Å². The van der Waals surface area contributed by atoms with Crippen molar-refractivity contribution in [3.63, 3.8) is 0 Å². The van der Waals surface area contributed by atoms with Gasteiger partial charge in [-0.1, -0.05) is 30.3 Å². The van der Waals surface area contributed by atoms with Gasteiger partial charge in [0.15, 0.2) is 5.96 Å². The number of rotatable bonds is 5. The number of guanidine groups is 1. The summed E-state index contributed by atoms with van der Waals surface area (Å²) in [6, 6.07) is 14.5. The van der Waals surface area contributed by atoms with Crippen LogP contribution in [-0.4, -0.2) is 25.0 Å². The molecule has 0 aliphatic heterocycles. The summed E-state index contributed by atoms with van der Waals surface area (Å²) >= 11 is 0. The molecule has 4 nitrogen and oxygen atoms in total. The Morgan fingerprint density at radius 2 is 1.74 bits per heavy atom. The van der Waals surface area contributed by atoms with E-state index in [-0.39, 0.29) is 0 Å². The van der Waals surface area contributed by atoms with Crippen LogP contribution >= 0.6 is 0 Å². The van der Waals surface area contributed by atoms with E-state index in [1.807, 2.05) is 12.1 Å². The maximum absolute atomic E-state index is 6.02. The first-order valence-corrected chi connectivity index (χ1v) is 7.81. The van der Waals surface area contributed by atoms with Crippen LogP contribution in [0.1, 0.15) is 22.3 Å². The summed E-state index contributed by atoms with van der Waals surface area (Å²) in [5.41, 5.74) is 12.0. The van der Waals surface area contributed by atoms with Crippen LogP contribution in [0.3, 0.4) is 0 Å². The molecule has 23 heavy (non-hydrogen) atoms. The van der Waals surface area contributed by atoms with Crippen LogP contribution in [0, 0.1) is 13.8 Å². The number of nitrogens with zero attached hydrogens (tertiary/aromatic N) is 2. The topological polar surface area (TPSA) is 53.6 Å². The quantitative estimate of drug-likeness (QED) is 0.658. The van der Waals surface area contributed by atoms with E-state index >= 15 is 0 Å². The number of hydrogen-bond acceptors (Lipinski definition) is 2. The monoisotopic (exact) mass is 310 g/mol. The smallest absolute Gasteiger partial charge is 0.193 e. The highest BCUT2D eigenvalue weighted by molar-refractivity contribution is 5.92. The number of nitrogens with one attached hydrogen (secondary N) is 1. The molecule has 0 saturated carbocycles. The Kier molecular flexibility index (Phi) is 5.77. The Hall–Kier alpha value is -2.33. The largest absolute Gasteiger partial charge is 0.370 e. The number of anilines is 1. The minimum Gasteiger partial charge on any atom is -0.370 e. The molecule has 0 heterocycles. The van der Waals surface area contributed by atoms with E-state index in [9.17, 15) is 0 Å². The number of hydrogen-bond donors (Lipinski definition) is 2. The standard InChI is InChI=1S/C19H26N4/c1-14-9-10-18(11-15(14)2)22-19(20)21-12-16-7-5-6-8-17(16)13-23(3)4/h5-11H,12-13H2,1-4H3,(H3,20,21,22). The van der Waals surface area contributed by atoms with Gasteiger partial charge in [-0.25, -0.2) is 4.99 Å². The molecule has 0 saturated heterocycles. The molecule has 0 atom stereocenters. The predicted molar refractivity (Wildman–Crippen MR) is 98.7 cm³/mol. The first kappa shape index (κ1) is 17.0. The number of benzene rings is 2. The van der Waals surface area contributed by atoms with Crippen LogP contribution in [0.2, 0.25) is 0 Å². The Balaban J connectivity index is 2.06. The summed E-state index contributed by atoms with van der Waals surface area (Å²) in [6.45, 7) is 5.66. The van der Waals surface area contributed by atoms with Crippen molar-refractivity contribution in [2.24, 2.45) is 10.7 Å². The summed E-state index contributed by atoms with van der Waals surface area (Å²) in [5.74, 6) is 0.438. The predicted octanol–water partition coefficient (Wildman–Crippen LogP) is 3.29. The lowest BCUT2D eigenvalue weighted by Gasteiger charge is -2.13. The summed E-state index contributed by atoms with van der Waals surface area (Å²) in [7, 11) is 4.13. The zero-order chi connectivity index (χ0) is 16.8. The molecule has 122 valence electrons. The number of nitrogens with two attached hydrogens (primary N) is 1. The Labute approximate surface area is 139 Å². The van der Waals surface area contributed by atoms with Gasteiger partial charge in [0.25, 0.3) is 0 Å². The molecule has 0 fully saturated rings. The zero-order valence-electron chi connectivity index (χ0n) is 14.4. The summed E-state index contributed by atoms with van der Waals surface area (Å²) in [4.78, 5) is 6.63. The fourth-order valence-corrected chi connectivity index (χ4v) is 2.38. The number of aliphatic imine (C=N–C) groups is 1. The van der Waals surface area contributed by atoms with E-state index in [0.717, 1.165) is 12.2 Å². The molecule has 0 spiro atoms. The molecule has 3 N–H and O–H groups in total. The second kappa shape index (κ2) is 7.79. The van der Waals surface area contributed by atoms with Crippen molar-refractivity contribution in [1.82, 2.24) is 4.90 Å². The summed E-state index contributed by atoms with van der Waals surface area (Å²) in [6.07, 6.45) is 0. The van der Waals surface area contributed by atoms with Crippen LogP contribution in [-0.2, 0) is 13.1 Å². The van der Waals surface area contributed by atoms with Crippen LogP contribution in [0.4, 0.5) is 5.69 Å². The van der Waals surface area contributed by atoms with Gasteiger partial charge >= 0.3 is 0 Å². The fourth-order valence-electron chi connectivity index (χ4n) is 2.38. The van der Waals surface area contributed by atoms with Crippen molar-refractivity contribution in [1.29, 1.82) is 0 Å².